The molecule has 5 aromatic rings. The Kier molecular flexibility index (Phi) is 5.31. The molecule has 0 radical (unpaired) electrons. The number of H-pyrrole nitrogens is 1. The number of ether oxygens (including phenoxy) is 4. The van der Waals surface area contributed by atoms with Crippen LogP contribution in [0.25, 0.3) is 38.3 Å². The third-order valence-electron chi connectivity index (χ3n) is 5.13. The monoisotopic (exact) mass is 464 g/mol. The molecule has 10 nitrogen and oxygen atoms in total. The number of fused-ring (bicyclic) bond motifs is 1. The number of rotatable bonds is 7. The van der Waals surface area contributed by atoms with Gasteiger partial charge in [0, 0.05) is 11.6 Å². The van der Waals surface area contributed by atoms with Crippen LogP contribution in [0.4, 0.5) is 0 Å². The standard InChI is InChI=1S/C22H20N6O4S/c1-29-13-7-5-12(6-8-13)15-10-16(24-23-15)20-25-26-22-28(20)27-21(33-22)14-9-18(31-3)19(32-4)11-17(14)30-2/h5-11H,1-4H3,(H,23,24). The maximum absolute atomic E-state index is 5.56. The molecular formula is C22H20N6O4S. The molecule has 0 atom stereocenters. The van der Waals surface area contributed by atoms with Crippen molar-refractivity contribution in [2.75, 3.05) is 28.4 Å². The summed E-state index contributed by atoms with van der Waals surface area (Å²) in [7, 11) is 6.40. The van der Waals surface area contributed by atoms with E-state index in [1.54, 1.807) is 39.0 Å². The van der Waals surface area contributed by atoms with Crippen LogP contribution in [-0.4, -0.2) is 58.4 Å². The van der Waals surface area contributed by atoms with Gasteiger partial charge in [-0.1, -0.05) is 11.3 Å². The molecule has 11 heteroatoms. The van der Waals surface area contributed by atoms with Crippen molar-refractivity contribution in [3.8, 4) is 56.3 Å². The first-order valence-corrected chi connectivity index (χ1v) is 10.7. The lowest BCUT2D eigenvalue weighted by atomic mass is 10.1. The van der Waals surface area contributed by atoms with Crippen LogP contribution < -0.4 is 18.9 Å². The lowest BCUT2D eigenvalue weighted by Gasteiger charge is -2.12. The van der Waals surface area contributed by atoms with E-state index in [4.69, 9.17) is 24.0 Å². The fourth-order valence-electron chi connectivity index (χ4n) is 3.44. The van der Waals surface area contributed by atoms with E-state index in [-0.39, 0.29) is 0 Å². The Morgan fingerprint density at radius 1 is 0.818 bits per heavy atom. The second-order valence-electron chi connectivity index (χ2n) is 6.93. The molecule has 0 bridgehead atoms. The zero-order valence-electron chi connectivity index (χ0n) is 18.3. The lowest BCUT2D eigenvalue weighted by Crippen LogP contribution is -1.96. The third-order valence-corrected chi connectivity index (χ3v) is 6.06. The molecule has 1 N–H and O–H groups in total. The summed E-state index contributed by atoms with van der Waals surface area (Å²) in [6.45, 7) is 0. The van der Waals surface area contributed by atoms with Gasteiger partial charge < -0.3 is 18.9 Å². The first kappa shape index (κ1) is 20.8. The van der Waals surface area contributed by atoms with Crippen molar-refractivity contribution < 1.29 is 18.9 Å². The zero-order chi connectivity index (χ0) is 22.9. The molecule has 3 aromatic heterocycles. The Morgan fingerprint density at radius 2 is 1.55 bits per heavy atom. The van der Waals surface area contributed by atoms with E-state index < -0.39 is 0 Å². The highest BCUT2D eigenvalue weighted by Gasteiger charge is 2.20. The van der Waals surface area contributed by atoms with Crippen LogP contribution in [0.5, 0.6) is 23.0 Å². The Morgan fingerprint density at radius 3 is 2.24 bits per heavy atom. The normalized spacial score (nSPS) is 11.0. The zero-order valence-corrected chi connectivity index (χ0v) is 19.1. The molecule has 0 fully saturated rings. The smallest absolute Gasteiger partial charge is 0.235 e. The van der Waals surface area contributed by atoms with Gasteiger partial charge in [0.15, 0.2) is 16.5 Å². The van der Waals surface area contributed by atoms with Crippen molar-refractivity contribution in [2.24, 2.45) is 0 Å². The minimum absolute atomic E-state index is 0.555. The van der Waals surface area contributed by atoms with Crippen LogP contribution in [0.15, 0.2) is 42.5 Å². The van der Waals surface area contributed by atoms with E-state index in [9.17, 15) is 0 Å². The fourth-order valence-corrected chi connectivity index (χ4v) is 4.30. The largest absolute Gasteiger partial charge is 0.497 e. The second-order valence-corrected chi connectivity index (χ2v) is 7.88. The van der Waals surface area contributed by atoms with Crippen LogP contribution >= 0.6 is 11.3 Å². The van der Waals surface area contributed by atoms with E-state index >= 15 is 0 Å². The van der Waals surface area contributed by atoms with Gasteiger partial charge in [0.25, 0.3) is 0 Å². The van der Waals surface area contributed by atoms with Crippen molar-refractivity contribution in [3.63, 3.8) is 0 Å². The number of benzene rings is 2. The molecule has 3 heterocycles. The predicted molar refractivity (Wildman–Crippen MR) is 123 cm³/mol. The van der Waals surface area contributed by atoms with Gasteiger partial charge in [-0.05, 0) is 36.4 Å². The van der Waals surface area contributed by atoms with Gasteiger partial charge in [-0.15, -0.1) is 10.2 Å². The van der Waals surface area contributed by atoms with Gasteiger partial charge in [0.1, 0.15) is 17.2 Å². The summed E-state index contributed by atoms with van der Waals surface area (Å²) in [5.74, 6) is 3.11. The quantitative estimate of drug-likeness (QED) is 0.386. The molecule has 2 aromatic carbocycles. The van der Waals surface area contributed by atoms with E-state index in [0.29, 0.717) is 38.7 Å². The van der Waals surface area contributed by atoms with Gasteiger partial charge in [-0.25, -0.2) is 0 Å². The topological polar surface area (TPSA) is 109 Å². The number of aromatic amines is 1. The molecule has 0 aliphatic carbocycles. The SMILES string of the molecule is COc1ccc(-c2cc(-c3nnc4sc(-c5cc(OC)c(OC)cc5OC)nn34)[nH]n2)cc1. The molecule has 0 unspecified atom stereocenters. The minimum atomic E-state index is 0.555. The van der Waals surface area contributed by atoms with Gasteiger partial charge >= 0.3 is 0 Å². The summed E-state index contributed by atoms with van der Waals surface area (Å²) >= 11 is 1.39. The average molecular weight is 465 g/mol. The third kappa shape index (κ3) is 3.61. The maximum atomic E-state index is 5.56. The molecule has 5 rings (SSSR count). The molecule has 33 heavy (non-hydrogen) atoms. The molecule has 168 valence electrons. The fraction of sp³-hybridized carbons (Fsp3) is 0.182. The lowest BCUT2D eigenvalue weighted by molar-refractivity contribution is 0.349. The molecule has 0 spiro atoms. The van der Waals surface area contributed by atoms with Crippen molar-refractivity contribution >= 4 is 16.3 Å². The van der Waals surface area contributed by atoms with Crippen LogP contribution in [0.3, 0.4) is 0 Å². The Labute approximate surface area is 192 Å². The first-order valence-electron chi connectivity index (χ1n) is 9.88. The molecule has 0 saturated heterocycles. The Balaban J connectivity index is 1.53. The summed E-state index contributed by atoms with van der Waals surface area (Å²) < 4.78 is 23.3. The van der Waals surface area contributed by atoms with Crippen LogP contribution in [0.2, 0.25) is 0 Å². The van der Waals surface area contributed by atoms with E-state index in [2.05, 4.69) is 20.4 Å². The highest BCUT2D eigenvalue weighted by Crippen LogP contribution is 2.41. The molecule has 0 amide bonds. The number of aromatic nitrogens is 6. The number of methoxy groups -OCH3 is 4. The minimum Gasteiger partial charge on any atom is -0.497 e. The Hall–Kier alpha value is -4.12. The van der Waals surface area contributed by atoms with Crippen LogP contribution in [-0.2, 0) is 0 Å². The van der Waals surface area contributed by atoms with Crippen molar-refractivity contribution in [3.05, 3.63) is 42.5 Å². The summed E-state index contributed by atoms with van der Waals surface area (Å²) in [4.78, 5) is 0.637. The van der Waals surface area contributed by atoms with Crippen molar-refractivity contribution in [1.29, 1.82) is 0 Å². The summed E-state index contributed by atoms with van der Waals surface area (Å²) in [5, 5.41) is 21.5. The van der Waals surface area contributed by atoms with Crippen LogP contribution in [0.1, 0.15) is 0 Å². The van der Waals surface area contributed by atoms with Gasteiger partial charge in [0.2, 0.25) is 10.8 Å². The van der Waals surface area contributed by atoms with Crippen LogP contribution in [0, 0.1) is 0 Å². The van der Waals surface area contributed by atoms with Gasteiger partial charge in [-0.2, -0.15) is 14.7 Å². The number of nitrogens with one attached hydrogen (secondary N) is 1. The second kappa shape index (κ2) is 8.43. The highest BCUT2D eigenvalue weighted by atomic mass is 32.1. The van der Waals surface area contributed by atoms with E-state index in [0.717, 1.165) is 22.6 Å². The highest BCUT2D eigenvalue weighted by molar-refractivity contribution is 7.19. The van der Waals surface area contributed by atoms with E-state index in [1.165, 1.54) is 11.3 Å². The molecule has 0 saturated carbocycles. The maximum Gasteiger partial charge on any atom is 0.235 e. The Bertz CT molecular complexity index is 1420. The first-order chi connectivity index (χ1) is 16.1. The summed E-state index contributed by atoms with van der Waals surface area (Å²) in [5.41, 5.74) is 3.19. The molecular weight excluding hydrogens is 444 g/mol. The van der Waals surface area contributed by atoms with Gasteiger partial charge in [0.05, 0.1) is 39.7 Å². The average Bonchev–Trinajstić information content (AvgIpc) is 3.59. The van der Waals surface area contributed by atoms with Crippen molar-refractivity contribution in [1.82, 2.24) is 30.0 Å². The van der Waals surface area contributed by atoms with E-state index in [1.807, 2.05) is 36.4 Å². The number of hydrogen-bond acceptors (Lipinski definition) is 9. The summed E-state index contributed by atoms with van der Waals surface area (Å²) in [6, 6.07) is 13.2. The molecule has 0 aliphatic heterocycles. The number of hydrogen-bond donors (Lipinski definition) is 1. The van der Waals surface area contributed by atoms with Gasteiger partial charge in [-0.3, -0.25) is 5.10 Å². The molecule has 0 aliphatic rings. The predicted octanol–water partition coefficient (Wildman–Crippen LogP) is 3.94. The number of nitrogens with zero attached hydrogens (tertiary/aromatic N) is 5. The summed E-state index contributed by atoms with van der Waals surface area (Å²) in [6.07, 6.45) is 0. The van der Waals surface area contributed by atoms with Crippen molar-refractivity contribution in [2.45, 2.75) is 0 Å².